The van der Waals surface area contributed by atoms with Gasteiger partial charge < -0.3 is 14.4 Å². The van der Waals surface area contributed by atoms with E-state index in [2.05, 4.69) is 10.3 Å². The molecule has 0 N–H and O–H groups in total. The summed E-state index contributed by atoms with van der Waals surface area (Å²) in [4.78, 5) is 27.2. The molecule has 3 rings (SSSR count). The lowest BCUT2D eigenvalue weighted by Crippen LogP contribution is -2.31. The zero-order chi connectivity index (χ0) is 19.7. The molecule has 0 saturated heterocycles. The Hall–Kier alpha value is -3.16. The highest BCUT2D eigenvalue weighted by Crippen LogP contribution is 2.41. The molecular weight excluding hydrogens is 350 g/mol. The van der Waals surface area contributed by atoms with Crippen molar-refractivity contribution in [2.24, 2.45) is 0 Å². The number of allylic oxidation sites excluding steroid dienone is 1. The first-order valence-corrected chi connectivity index (χ1v) is 8.51. The van der Waals surface area contributed by atoms with Crippen molar-refractivity contribution >= 4 is 23.0 Å². The number of rotatable bonds is 4. The van der Waals surface area contributed by atoms with E-state index in [1.165, 1.54) is 7.11 Å². The van der Waals surface area contributed by atoms with Crippen molar-refractivity contribution in [2.75, 3.05) is 14.2 Å². The first-order chi connectivity index (χ1) is 12.8. The van der Waals surface area contributed by atoms with E-state index in [1.807, 2.05) is 0 Å². The fraction of sp³-hybridized carbons (Fsp3) is 0.368. The molecule has 0 bridgehead atoms. The third kappa shape index (κ3) is 3.30. The highest BCUT2D eigenvalue weighted by atomic mass is 16.6. The van der Waals surface area contributed by atoms with Gasteiger partial charge in [-0.3, -0.25) is 0 Å². The molecule has 1 aromatic carbocycles. The van der Waals surface area contributed by atoms with Gasteiger partial charge in [-0.1, -0.05) is 12.1 Å². The minimum atomic E-state index is -0.713. The van der Waals surface area contributed by atoms with Gasteiger partial charge in [-0.05, 0) is 42.7 Å². The topological polar surface area (TPSA) is 94.8 Å². The lowest BCUT2D eigenvalue weighted by atomic mass is 9.81. The average molecular weight is 371 g/mol. The summed E-state index contributed by atoms with van der Waals surface area (Å²) < 4.78 is 15.3. The number of hydrogen-bond donors (Lipinski definition) is 0. The predicted molar refractivity (Wildman–Crippen MR) is 96.3 cm³/mol. The fourth-order valence-corrected chi connectivity index (χ4v) is 3.15. The first kappa shape index (κ1) is 18.6. The number of methoxy groups -OCH3 is 1. The molecule has 2 heterocycles. The number of benzene rings is 1. The van der Waals surface area contributed by atoms with Gasteiger partial charge in [0.15, 0.2) is 0 Å². The number of ether oxygens (including phenoxy) is 2. The second kappa shape index (κ2) is 7.22. The Labute approximate surface area is 156 Å². The van der Waals surface area contributed by atoms with Crippen molar-refractivity contribution in [3.8, 4) is 0 Å². The third-order valence-electron chi connectivity index (χ3n) is 4.46. The summed E-state index contributed by atoms with van der Waals surface area (Å²) in [6, 6.07) is 5.31. The standard InChI is InChI=1S/C19H21N3O5/c1-10(2)26-19(24)15-11(3)22(4)9-13(18(23)25-5)16(15)12-7-6-8-14-17(12)21-27-20-14/h6-10,16H,1-5H3. The Kier molecular flexibility index (Phi) is 4.98. The van der Waals surface area contributed by atoms with E-state index in [4.69, 9.17) is 14.1 Å². The smallest absolute Gasteiger partial charge is 0.337 e. The highest BCUT2D eigenvalue weighted by molar-refractivity contribution is 6.00. The maximum Gasteiger partial charge on any atom is 0.337 e. The van der Waals surface area contributed by atoms with Gasteiger partial charge in [0.2, 0.25) is 0 Å². The zero-order valence-electron chi connectivity index (χ0n) is 15.8. The number of carbonyl (C=O) groups is 2. The molecule has 0 radical (unpaired) electrons. The summed E-state index contributed by atoms with van der Waals surface area (Å²) in [5.74, 6) is -1.75. The number of aromatic nitrogens is 2. The molecule has 0 amide bonds. The largest absolute Gasteiger partial charge is 0.466 e. The van der Waals surface area contributed by atoms with Crippen molar-refractivity contribution in [2.45, 2.75) is 32.8 Å². The summed E-state index contributed by atoms with van der Waals surface area (Å²) in [7, 11) is 3.06. The van der Waals surface area contributed by atoms with E-state index >= 15 is 0 Å². The molecule has 1 unspecified atom stereocenters. The molecule has 2 aromatic rings. The van der Waals surface area contributed by atoms with Crippen molar-refractivity contribution in [1.82, 2.24) is 15.2 Å². The Morgan fingerprint density at radius 2 is 1.96 bits per heavy atom. The van der Waals surface area contributed by atoms with E-state index in [-0.39, 0.29) is 6.10 Å². The molecule has 0 saturated carbocycles. The normalized spacial score (nSPS) is 17.3. The fourth-order valence-electron chi connectivity index (χ4n) is 3.15. The molecule has 142 valence electrons. The van der Waals surface area contributed by atoms with E-state index in [0.29, 0.717) is 33.4 Å². The number of esters is 2. The van der Waals surface area contributed by atoms with Gasteiger partial charge >= 0.3 is 11.9 Å². The van der Waals surface area contributed by atoms with Crippen molar-refractivity contribution < 1.29 is 23.7 Å². The Balaban J connectivity index is 2.24. The van der Waals surface area contributed by atoms with E-state index in [0.717, 1.165) is 0 Å². The average Bonchev–Trinajstić information content (AvgIpc) is 3.10. The van der Waals surface area contributed by atoms with Crippen LogP contribution < -0.4 is 0 Å². The van der Waals surface area contributed by atoms with E-state index in [9.17, 15) is 9.59 Å². The Morgan fingerprint density at radius 1 is 1.22 bits per heavy atom. The lowest BCUT2D eigenvalue weighted by Gasteiger charge is -2.32. The van der Waals surface area contributed by atoms with Crippen LogP contribution in [0.15, 0.2) is 45.9 Å². The maximum atomic E-state index is 12.9. The quantitative estimate of drug-likeness (QED) is 0.757. The van der Waals surface area contributed by atoms with E-state index < -0.39 is 17.9 Å². The zero-order valence-corrected chi connectivity index (χ0v) is 15.8. The molecule has 1 atom stereocenters. The monoisotopic (exact) mass is 371 g/mol. The molecule has 27 heavy (non-hydrogen) atoms. The summed E-state index contributed by atoms with van der Waals surface area (Å²) in [5.41, 5.74) is 2.95. The molecule has 0 spiro atoms. The van der Waals surface area contributed by atoms with Gasteiger partial charge in [0, 0.05) is 18.9 Å². The number of carbonyl (C=O) groups excluding carboxylic acids is 2. The molecule has 0 aliphatic carbocycles. The summed E-state index contributed by atoms with van der Waals surface area (Å²) in [6.07, 6.45) is 1.35. The van der Waals surface area contributed by atoms with Crippen LogP contribution in [0.2, 0.25) is 0 Å². The van der Waals surface area contributed by atoms with Crippen LogP contribution in [0.5, 0.6) is 0 Å². The molecular formula is C19H21N3O5. The molecule has 8 nitrogen and oxygen atoms in total. The van der Waals surface area contributed by atoms with Crippen LogP contribution in [0.1, 0.15) is 32.3 Å². The third-order valence-corrected chi connectivity index (χ3v) is 4.46. The summed E-state index contributed by atoms with van der Waals surface area (Å²) in [6.45, 7) is 5.35. The second-order valence-electron chi connectivity index (χ2n) is 6.55. The van der Waals surface area contributed by atoms with Crippen LogP contribution >= 0.6 is 0 Å². The lowest BCUT2D eigenvalue weighted by molar-refractivity contribution is -0.143. The Bertz CT molecular complexity index is 957. The van der Waals surface area contributed by atoms with Crippen LogP contribution in [-0.4, -0.2) is 47.4 Å². The van der Waals surface area contributed by atoms with Gasteiger partial charge in [-0.25, -0.2) is 14.2 Å². The predicted octanol–water partition coefficient (Wildman–Crippen LogP) is 2.53. The molecule has 1 aromatic heterocycles. The Morgan fingerprint density at radius 3 is 2.63 bits per heavy atom. The number of fused-ring (bicyclic) bond motifs is 1. The van der Waals surface area contributed by atoms with Crippen LogP contribution in [0.25, 0.3) is 11.0 Å². The van der Waals surface area contributed by atoms with Crippen LogP contribution in [0.3, 0.4) is 0 Å². The van der Waals surface area contributed by atoms with Crippen molar-refractivity contribution in [3.63, 3.8) is 0 Å². The van der Waals surface area contributed by atoms with Crippen molar-refractivity contribution in [1.29, 1.82) is 0 Å². The first-order valence-electron chi connectivity index (χ1n) is 8.51. The van der Waals surface area contributed by atoms with Gasteiger partial charge in [-0.15, -0.1) is 0 Å². The maximum absolute atomic E-state index is 12.9. The molecule has 1 aliphatic rings. The molecule has 1 aliphatic heterocycles. The van der Waals surface area contributed by atoms with Gasteiger partial charge in [0.1, 0.15) is 11.0 Å². The molecule has 8 heteroatoms. The van der Waals surface area contributed by atoms with E-state index in [1.54, 1.807) is 57.1 Å². The SMILES string of the molecule is COC(=O)C1=CN(C)C(C)=C(C(=O)OC(C)C)C1c1cccc2nonc12. The van der Waals surface area contributed by atoms with Gasteiger partial charge in [0.05, 0.1) is 30.3 Å². The van der Waals surface area contributed by atoms with Crippen LogP contribution in [0, 0.1) is 0 Å². The number of nitrogens with zero attached hydrogens (tertiary/aromatic N) is 3. The van der Waals surface area contributed by atoms with Crippen LogP contribution in [-0.2, 0) is 19.1 Å². The highest BCUT2D eigenvalue weighted by Gasteiger charge is 2.38. The minimum Gasteiger partial charge on any atom is -0.466 e. The van der Waals surface area contributed by atoms with Crippen LogP contribution in [0.4, 0.5) is 0 Å². The summed E-state index contributed by atoms with van der Waals surface area (Å²) in [5, 5.41) is 7.81. The minimum absolute atomic E-state index is 0.303. The molecule has 0 fully saturated rings. The van der Waals surface area contributed by atoms with Crippen molar-refractivity contribution in [3.05, 3.63) is 46.8 Å². The van der Waals surface area contributed by atoms with Gasteiger partial charge in [0.25, 0.3) is 0 Å². The number of hydrogen-bond acceptors (Lipinski definition) is 8. The summed E-state index contributed by atoms with van der Waals surface area (Å²) >= 11 is 0. The van der Waals surface area contributed by atoms with Gasteiger partial charge in [-0.2, -0.15) is 0 Å². The second-order valence-corrected chi connectivity index (χ2v) is 6.55.